The summed E-state index contributed by atoms with van der Waals surface area (Å²) in [5.74, 6) is -1.28. The highest BCUT2D eigenvalue weighted by molar-refractivity contribution is 6.31. The molecule has 0 amide bonds. The van der Waals surface area contributed by atoms with Crippen molar-refractivity contribution in [3.63, 3.8) is 0 Å². The second kappa shape index (κ2) is 8.59. The number of hydrogen-bond donors (Lipinski definition) is 2. The lowest BCUT2D eigenvalue weighted by atomic mass is 10.1. The predicted molar refractivity (Wildman–Crippen MR) is 108 cm³/mol. The topological polar surface area (TPSA) is 54.3 Å². The summed E-state index contributed by atoms with van der Waals surface area (Å²) in [6.07, 6.45) is 0. The average molecular weight is 401 g/mol. The molecule has 2 aromatic carbocycles. The van der Waals surface area contributed by atoms with Gasteiger partial charge >= 0.3 is 5.97 Å². The molecule has 0 fully saturated rings. The van der Waals surface area contributed by atoms with Gasteiger partial charge in [-0.05, 0) is 31.5 Å². The predicted octanol–water partition coefficient (Wildman–Crippen LogP) is 4.93. The highest BCUT2D eigenvalue weighted by Gasteiger charge is 2.22. The molecule has 0 aliphatic rings. The summed E-state index contributed by atoms with van der Waals surface area (Å²) in [7, 11) is 0. The largest absolute Gasteiger partial charge is 0.478 e. The van der Waals surface area contributed by atoms with Crippen molar-refractivity contribution in [2.45, 2.75) is 33.5 Å². The molecule has 0 saturated heterocycles. The lowest BCUT2D eigenvalue weighted by Crippen LogP contribution is -2.15. The standard InChI is InChI=1S/C22H22ClFN2O2/c1-14-18(12-25-11-16-7-3-5-9-19(16)23)21(22(27)28)15(2)26(14)13-17-8-4-6-10-20(17)24/h3-10,25H,11-13H2,1-2H3,(H,27,28). The molecule has 4 nitrogen and oxygen atoms in total. The Kier molecular flexibility index (Phi) is 6.17. The second-order valence-corrected chi connectivity index (χ2v) is 7.11. The number of halogens is 2. The van der Waals surface area contributed by atoms with Gasteiger partial charge in [0.25, 0.3) is 0 Å². The van der Waals surface area contributed by atoms with Gasteiger partial charge < -0.3 is 15.0 Å². The number of carbonyl (C=O) groups is 1. The first kappa shape index (κ1) is 20.1. The van der Waals surface area contributed by atoms with Crippen molar-refractivity contribution in [2.24, 2.45) is 0 Å². The number of benzene rings is 2. The zero-order valence-electron chi connectivity index (χ0n) is 15.8. The van der Waals surface area contributed by atoms with Gasteiger partial charge in [0.1, 0.15) is 5.82 Å². The van der Waals surface area contributed by atoms with E-state index in [-0.39, 0.29) is 17.9 Å². The van der Waals surface area contributed by atoms with Gasteiger partial charge in [-0.15, -0.1) is 0 Å². The molecular formula is C22H22ClFN2O2. The third-order valence-electron chi connectivity index (χ3n) is 4.99. The number of rotatable bonds is 7. The van der Waals surface area contributed by atoms with Crippen LogP contribution in [0.3, 0.4) is 0 Å². The number of carboxylic acid groups (broad SMARTS) is 1. The van der Waals surface area contributed by atoms with E-state index in [0.29, 0.717) is 34.9 Å². The first-order chi connectivity index (χ1) is 13.4. The van der Waals surface area contributed by atoms with Crippen LogP contribution in [0.25, 0.3) is 0 Å². The number of aromatic nitrogens is 1. The molecule has 0 saturated carbocycles. The van der Waals surface area contributed by atoms with Crippen molar-refractivity contribution in [1.82, 2.24) is 9.88 Å². The Morgan fingerprint density at radius 3 is 2.32 bits per heavy atom. The van der Waals surface area contributed by atoms with Gasteiger partial charge in [0.2, 0.25) is 0 Å². The average Bonchev–Trinajstić information content (AvgIpc) is 2.89. The Bertz CT molecular complexity index is 1010. The molecule has 1 heterocycles. The summed E-state index contributed by atoms with van der Waals surface area (Å²) in [5, 5.41) is 13.7. The van der Waals surface area contributed by atoms with Crippen molar-refractivity contribution in [3.05, 3.63) is 93.0 Å². The second-order valence-electron chi connectivity index (χ2n) is 6.70. The molecule has 3 aromatic rings. The minimum absolute atomic E-state index is 0.264. The smallest absolute Gasteiger partial charge is 0.337 e. The third kappa shape index (κ3) is 4.11. The molecule has 3 rings (SSSR count). The maximum Gasteiger partial charge on any atom is 0.337 e. The summed E-state index contributed by atoms with van der Waals surface area (Å²) in [6.45, 7) is 4.82. The Hall–Kier alpha value is -2.63. The van der Waals surface area contributed by atoms with Crippen LogP contribution in [0.2, 0.25) is 5.02 Å². The van der Waals surface area contributed by atoms with Crippen LogP contribution >= 0.6 is 11.6 Å². The van der Waals surface area contributed by atoms with Crippen molar-refractivity contribution >= 4 is 17.6 Å². The van der Waals surface area contributed by atoms with Crippen LogP contribution in [-0.4, -0.2) is 15.6 Å². The van der Waals surface area contributed by atoms with E-state index in [2.05, 4.69) is 5.32 Å². The fourth-order valence-corrected chi connectivity index (χ4v) is 3.65. The van der Waals surface area contributed by atoms with E-state index < -0.39 is 5.97 Å². The summed E-state index contributed by atoms with van der Waals surface area (Å²) in [5.41, 5.74) is 3.86. The summed E-state index contributed by atoms with van der Waals surface area (Å²) in [4.78, 5) is 11.9. The molecule has 0 spiro atoms. The van der Waals surface area contributed by atoms with Crippen molar-refractivity contribution in [1.29, 1.82) is 0 Å². The van der Waals surface area contributed by atoms with Crippen molar-refractivity contribution in [3.8, 4) is 0 Å². The Labute approximate surface area is 168 Å². The minimum Gasteiger partial charge on any atom is -0.478 e. The van der Waals surface area contributed by atoms with Gasteiger partial charge in [-0.25, -0.2) is 9.18 Å². The number of hydrogen-bond acceptors (Lipinski definition) is 2. The SMILES string of the molecule is Cc1c(CNCc2ccccc2Cl)c(C(=O)O)c(C)n1Cc1ccccc1F. The summed E-state index contributed by atoms with van der Waals surface area (Å²) in [6, 6.07) is 14.1. The lowest BCUT2D eigenvalue weighted by molar-refractivity contribution is 0.0694. The monoisotopic (exact) mass is 400 g/mol. The molecule has 6 heteroatoms. The van der Waals surface area contributed by atoms with Crippen LogP contribution in [0.1, 0.15) is 38.4 Å². The zero-order valence-corrected chi connectivity index (χ0v) is 16.6. The van der Waals surface area contributed by atoms with E-state index in [1.807, 2.05) is 35.8 Å². The fraction of sp³-hybridized carbons (Fsp3) is 0.227. The molecule has 0 aliphatic carbocycles. The van der Waals surface area contributed by atoms with Gasteiger partial charge in [-0.3, -0.25) is 0 Å². The van der Waals surface area contributed by atoms with Gasteiger partial charge in [-0.2, -0.15) is 0 Å². The first-order valence-corrected chi connectivity index (χ1v) is 9.37. The van der Waals surface area contributed by atoms with E-state index in [0.717, 1.165) is 11.3 Å². The normalized spacial score (nSPS) is 11.0. The van der Waals surface area contributed by atoms with E-state index >= 15 is 0 Å². The first-order valence-electron chi connectivity index (χ1n) is 8.99. The molecule has 146 valence electrons. The lowest BCUT2D eigenvalue weighted by Gasteiger charge is -2.11. The van der Waals surface area contributed by atoms with Crippen LogP contribution in [0.5, 0.6) is 0 Å². The molecule has 0 unspecified atom stereocenters. The molecular weight excluding hydrogens is 379 g/mol. The highest BCUT2D eigenvalue weighted by Crippen LogP contribution is 2.25. The highest BCUT2D eigenvalue weighted by atomic mass is 35.5. The molecule has 0 atom stereocenters. The quantitative estimate of drug-likeness (QED) is 0.591. The minimum atomic E-state index is -0.984. The van der Waals surface area contributed by atoms with Crippen LogP contribution < -0.4 is 5.32 Å². The summed E-state index contributed by atoms with van der Waals surface area (Å²) < 4.78 is 15.9. The number of carboxylic acids is 1. The third-order valence-corrected chi connectivity index (χ3v) is 5.35. The molecule has 0 bridgehead atoms. The molecule has 0 radical (unpaired) electrons. The van der Waals surface area contributed by atoms with E-state index in [1.54, 1.807) is 25.1 Å². The number of nitrogens with one attached hydrogen (secondary N) is 1. The maximum atomic E-state index is 14.1. The number of nitrogens with zero attached hydrogens (tertiary/aromatic N) is 1. The van der Waals surface area contributed by atoms with Crippen LogP contribution in [0, 0.1) is 19.7 Å². The van der Waals surface area contributed by atoms with E-state index in [9.17, 15) is 14.3 Å². The Balaban J connectivity index is 1.87. The maximum absolute atomic E-state index is 14.1. The van der Waals surface area contributed by atoms with Gasteiger partial charge in [0.15, 0.2) is 0 Å². The fourth-order valence-electron chi connectivity index (χ4n) is 3.45. The van der Waals surface area contributed by atoms with Crippen LogP contribution in [-0.2, 0) is 19.6 Å². The summed E-state index contributed by atoms with van der Waals surface area (Å²) >= 11 is 6.18. The Morgan fingerprint density at radius 2 is 1.68 bits per heavy atom. The van der Waals surface area contributed by atoms with Crippen LogP contribution in [0.15, 0.2) is 48.5 Å². The van der Waals surface area contributed by atoms with E-state index in [1.165, 1.54) is 6.07 Å². The van der Waals surface area contributed by atoms with Crippen molar-refractivity contribution < 1.29 is 14.3 Å². The molecule has 28 heavy (non-hydrogen) atoms. The molecule has 0 aliphatic heterocycles. The molecule has 1 aromatic heterocycles. The number of aromatic carboxylic acids is 1. The Morgan fingerprint density at radius 1 is 1.04 bits per heavy atom. The zero-order chi connectivity index (χ0) is 20.3. The van der Waals surface area contributed by atoms with Gasteiger partial charge in [-0.1, -0.05) is 48.0 Å². The van der Waals surface area contributed by atoms with Crippen LogP contribution in [0.4, 0.5) is 4.39 Å². The van der Waals surface area contributed by atoms with Gasteiger partial charge in [0.05, 0.1) is 12.1 Å². The van der Waals surface area contributed by atoms with Crippen molar-refractivity contribution in [2.75, 3.05) is 0 Å². The van der Waals surface area contributed by atoms with E-state index in [4.69, 9.17) is 11.6 Å². The molecule has 2 N–H and O–H groups in total. The van der Waals surface area contributed by atoms with Gasteiger partial charge in [0, 0.05) is 40.6 Å².